The number of aromatic hydroxyl groups is 1. The topological polar surface area (TPSA) is 58.6 Å². The number of benzene rings is 2. The normalized spacial score (nSPS) is 21.1. The molecule has 0 spiro atoms. The molecule has 0 bridgehead atoms. The highest BCUT2D eigenvalue weighted by Crippen LogP contribution is 2.41. The minimum absolute atomic E-state index is 0.0424. The first-order chi connectivity index (χ1) is 9.72. The molecule has 3 rings (SSSR count). The quantitative estimate of drug-likeness (QED) is 0.823. The molecule has 1 aliphatic heterocycles. The number of likely N-dealkylation sites (N-methyl/N-ethyl adjacent to an activating group) is 1. The lowest BCUT2D eigenvalue weighted by Gasteiger charge is -2.33. The van der Waals surface area contributed by atoms with E-state index in [1.165, 1.54) is 6.07 Å². The van der Waals surface area contributed by atoms with Gasteiger partial charge >= 0.3 is 5.97 Å². The van der Waals surface area contributed by atoms with Gasteiger partial charge in [-0.15, -0.1) is 0 Å². The second-order valence-electron chi connectivity index (χ2n) is 4.74. The van der Waals surface area contributed by atoms with Gasteiger partial charge in [-0.3, -0.25) is 0 Å². The van der Waals surface area contributed by atoms with Gasteiger partial charge in [0.2, 0.25) is 0 Å². The van der Waals surface area contributed by atoms with Crippen LogP contribution in [0.5, 0.6) is 5.75 Å². The van der Waals surface area contributed by atoms with E-state index in [1.54, 1.807) is 6.07 Å². The number of esters is 1. The van der Waals surface area contributed by atoms with Gasteiger partial charge in [0.1, 0.15) is 17.4 Å². The Labute approximate surface area is 117 Å². The Morgan fingerprint density at radius 3 is 2.55 bits per heavy atom. The van der Waals surface area contributed by atoms with E-state index in [4.69, 9.17) is 4.74 Å². The lowest BCUT2D eigenvalue weighted by Crippen LogP contribution is -2.33. The molecule has 4 heteroatoms. The van der Waals surface area contributed by atoms with Crippen molar-refractivity contribution in [3.63, 3.8) is 0 Å². The Hall–Kier alpha value is -2.33. The summed E-state index contributed by atoms with van der Waals surface area (Å²) in [6, 6.07) is 14.5. The molecule has 0 radical (unpaired) electrons. The smallest absolute Gasteiger partial charge is 0.342 e. The predicted octanol–water partition coefficient (Wildman–Crippen LogP) is 2.56. The fourth-order valence-electron chi connectivity index (χ4n) is 2.65. The van der Waals surface area contributed by atoms with Gasteiger partial charge in [-0.25, -0.2) is 4.79 Å². The molecule has 4 nitrogen and oxygen atoms in total. The van der Waals surface area contributed by atoms with Crippen LogP contribution in [-0.4, -0.2) is 18.1 Å². The van der Waals surface area contributed by atoms with Crippen molar-refractivity contribution in [2.45, 2.75) is 12.1 Å². The summed E-state index contributed by atoms with van der Waals surface area (Å²) in [6.45, 7) is 0. The Morgan fingerprint density at radius 2 is 1.85 bits per heavy atom. The van der Waals surface area contributed by atoms with Crippen LogP contribution in [0, 0.1) is 0 Å². The van der Waals surface area contributed by atoms with E-state index in [9.17, 15) is 9.90 Å². The van der Waals surface area contributed by atoms with E-state index in [-0.39, 0.29) is 17.4 Å². The highest BCUT2D eigenvalue weighted by molar-refractivity contribution is 5.95. The molecule has 0 aliphatic carbocycles. The van der Waals surface area contributed by atoms with Crippen molar-refractivity contribution < 1.29 is 14.6 Å². The number of phenolic OH excluding ortho intramolecular Hbond substituents is 1. The lowest BCUT2D eigenvalue weighted by molar-refractivity contribution is 0.0131. The van der Waals surface area contributed by atoms with E-state index in [1.807, 2.05) is 43.4 Å². The number of cyclic esters (lactones) is 1. The van der Waals surface area contributed by atoms with Crippen molar-refractivity contribution in [3.05, 3.63) is 65.2 Å². The molecule has 2 atom stereocenters. The fraction of sp³-hybridized carbons (Fsp3) is 0.188. The highest BCUT2D eigenvalue weighted by Gasteiger charge is 2.37. The molecule has 1 heterocycles. The number of carbonyl (C=O) groups excluding carboxylic acids is 1. The summed E-state index contributed by atoms with van der Waals surface area (Å²) < 4.78 is 5.52. The van der Waals surface area contributed by atoms with Crippen LogP contribution in [0.1, 0.15) is 33.6 Å². The molecule has 0 unspecified atom stereocenters. The zero-order valence-electron chi connectivity index (χ0n) is 11.0. The Morgan fingerprint density at radius 1 is 1.10 bits per heavy atom. The van der Waals surface area contributed by atoms with Crippen molar-refractivity contribution in [1.29, 1.82) is 0 Å². The standard InChI is InChI=1S/C16H15NO3/c1-17-14-11-8-5-9-12(18)13(11)16(19)20-15(14)10-6-3-2-4-7-10/h2-9,14-15,17-18H,1H3/t14-,15-/m1/s1. The van der Waals surface area contributed by atoms with Crippen LogP contribution in [0.2, 0.25) is 0 Å². The number of hydrogen-bond donors (Lipinski definition) is 2. The number of rotatable bonds is 2. The number of nitrogens with one attached hydrogen (secondary N) is 1. The average molecular weight is 269 g/mol. The average Bonchev–Trinajstić information content (AvgIpc) is 2.48. The van der Waals surface area contributed by atoms with Crippen LogP contribution >= 0.6 is 0 Å². The van der Waals surface area contributed by atoms with Crippen LogP contribution in [0.25, 0.3) is 0 Å². The van der Waals surface area contributed by atoms with Crippen LogP contribution in [0.15, 0.2) is 48.5 Å². The van der Waals surface area contributed by atoms with Gasteiger partial charge in [0.25, 0.3) is 0 Å². The van der Waals surface area contributed by atoms with E-state index >= 15 is 0 Å². The van der Waals surface area contributed by atoms with Gasteiger partial charge < -0.3 is 15.2 Å². The van der Waals surface area contributed by atoms with Crippen LogP contribution in [-0.2, 0) is 4.74 Å². The Kier molecular flexibility index (Phi) is 3.16. The molecule has 2 aromatic carbocycles. The van der Waals surface area contributed by atoms with Crippen LogP contribution in [0.3, 0.4) is 0 Å². The third-order valence-corrected chi connectivity index (χ3v) is 3.59. The first-order valence-electron chi connectivity index (χ1n) is 6.47. The fourth-order valence-corrected chi connectivity index (χ4v) is 2.65. The lowest BCUT2D eigenvalue weighted by atomic mass is 9.89. The molecule has 2 N–H and O–H groups in total. The SMILES string of the molecule is CN[C@@H]1c2cccc(O)c2C(=O)O[C@@H]1c1ccccc1. The monoisotopic (exact) mass is 269 g/mol. The molecule has 0 amide bonds. The van der Waals surface area contributed by atoms with Crippen molar-refractivity contribution >= 4 is 5.97 Å². The van der Waals surface area contributed by atoms with Gasteiger partial charge in [-0.05, 0) is 24.2 Å². The molecular weight excluding hydrogens is 254 g/mol. The molecule has 1 aliphatic rings. The largest absolute Gasteiger partial charge is 0.507 e. The highest BCUT2D eigenvalue weighted by atomic mass is 16.5. The van der Waals surface area contributed by atoms with E-state index in [0.29, 0.717) is 0 Å². The summed E-state index contributed by atoms with van der Waals surface area (Å²) in [5.74, 6) is -0.530. The summed E-state index contributed by atoms with van der Waals surface area (Å²) in [4.78, 5) is 12.1. The molecule has 0 saturated heterocycles. The molecular formula is C16H15NO3. The van der Waals surface area contributed by atoms with Crippen LogP contribution < -0.4 is 5.32 Å². The molecule has 0 saturated carbocycles. The summed E-state index contributed by atoms with van der Waals surface area (Å²) in [7, 11) is 1.81. The zero-order valence-corrected chi connectivity index (χ0v) is 11.0. The second-order valence-corrected chi connectivity index (χ2v) is 4.74. The first-order valence-corrected chi connectivity index (χ1v) is 6.47. The summed E-state index contributed by atoms with van der Waals surface area (Å²) in [5.41, 5.74) is 1.94. The summed E-state index contributed by atoms with van der Waals surface area (Å²) in [5, 5.41) is 13.0. The minimum Gasteiger partial charge on any atom is -0.507 e. The molecule has 102 valence electrons. The van der Waals surface area contributed by atoms with Gasteiger partial charge in [0, 0.05) is 0 Å². The number of fused-ring (bicyclic) bond motifs is 1. The van der Waals surface area contributed by atoms with Gasteiger partial charge in [0.05, 0.1) is 6.04 Å². The third kappa shape index (κ3) is 1.94. The first kappa shape index (κ1) is 12.7. The second kappa shape index (κ2) is 4.98. The van der Waals surface area contributed by atoms with Crippen molar-refractivity contribution in [1.82, 2.24) is 5.32 Å². The minimum atomic E-state index is -0.488. The number of carbonyl (C=O) groups is 1. The maximum atomic E-state index is 12.1. The molecule has 0 fully saturated rings. The predicted molar refractivity (Wildman–Crippen MR) is 74.5 cm³/mol. The maximum Gasteiger partial charge on any atom is 0.342 e. The number of phenols is 1. The Balaban J connectivity index is 2.11. The van der Waals surface area contributed by atoms with Crippen molar-refractivity contribution in [2.75, 3.05) is 7.05 Å². The van der Waals surface area contributed by atoms with Gasteiger partial charge in [0.15, 0.2) is 0 Å². The van der Waals surface area contributed by atoms with E-state index in [2.05, 4.69) is 5.32 Å². The Bertz CT molecular complexity index is 639. The van der Waals surface area contributed by atoms with Crippen molar-refractivity contribution in [2.24, 2.45) is 0 Å². The number of hydrogen-bond acceptors (Lipinski definition) is 4. The number of ether oxygens (including phenoxy) is 1. The van der Waals surface area contributed by atoms with Gasteiger partial charge in [-0.2, -0.15) is 0 Å². The zero-order chi connectivity index (χ0) is 14.1. The summed E-state index contributed by atoms with van der Waals surface area (Å²) >= 11 is 0. The summed E-state index contributed by atoms with van der Waals surface area (Å²) in [6.07, 6.45) is -0.400. The van der Waals surface area contributed by atoms with Crippen LogP contribution in [0.4, 0.5) is 0 Å². The van der Waals surface area contributed by atoms with E-state index < -0.39 is 12.1 Å². The van der Waals surface area contributed by atoms with E-state index in [0.717, 1.165) is 11.1 Å². The van der Waals surface area contributed by atoms with Gasteiger partial charge in [-0.1, -0.05) is 42.5 Å². The molecule has 0 aromatic heterocycles. The molecule has 20 heavy (non-hydrogen) atoms. The molecule has 2 aromatic rings. The maximum absolute atomic E-state index is 12.1. The van der Waals surface area contributed by atoms with Crippen molar-refractivity contribution in [3.8, 4) is 5.75 Å². The third-order valence-electron chi connectivity index (χ3n) is 3.59.